The minimum atomic E-state index is 0.00688. The molecule has 0 aliphatic carbocycles. The van der Waals surface area contributed by atoms with E-state index in [1.807, 2.05) is 0 Å². The number of ether oxygens (including phenoxy) is 2. The van der Waals surface area contributed by atoms with Crippen LogP contribution in [0.15, 0.2) is 42.5 Å². The van der Waals surface area contributed by atoms with Crippen molar-refractivity contribution in [3.05, 3.63) is 59.2 Å². The number of para-hydroxylation sites is 1. The lowest BCUT2D eigenvalue weighted by molar-refractivity contribution is 0.0495. The Morgan fingerprint density at radius 3 is 2.36 bits per heavy atom. The van der Waals surface area contributed by atoms with Gasteiger partial charge >= 0.3 is 0 Å². The summed E-state index contributed by atoms with van der Waals surface area (Å²) in [6.07, 6.45) is 1.04. The van der Waals surface area contributed by atoms with E-state index in [2.05, 4.69) is 89.3 Å². The Morgan fingerprint density at radius 2 is 1.71 bits per heavy atom. The second-order valence-electron chi connectivity index (χ2n) is 8.57. The van der Waals surface area contributed by atoms with Crippen molar-refractivity contribution in [1.29, 1.82) is 0 Å². The number of hydrogen-bond acceptors (Lipinski definition) is 3. The van der Waals surface area contributed by atoms with E-state index in [4.69, 9.17) is 9.47 Å². The molecule has 2 aromatic rings. The van der Waals surface area contributed by atoms with Crippen LogP contribution in [0.1, 0.15) is 57.7 Å². The molecule has 0 aliphatic rings. The Kier molecular flexibility index (Phi) is 8.07. The van der Waals surface area contributed by atoms with E-state index in [-0.39, 0.29) is 17.5 Å². The lowest BCUT2D eigenvalue weighted by Gasteiger charge is -2.32. The van der Waals surface area contributed by atoms with Crippen molar-refractivity contribution in [2.75, 3.05) is 13.9 Å². The quantitative estimate of drug-likeness (QED) is 0.445. The highest BCUT2D eigenvalue weighted by Gasteiger charge is 2.30. The van der Waals surface area contributed by atoms with Gasteiger partial charge in [-0.15, -0.1) is 0 Å². The van der Waals surface area contributed by atoms with Crippen molar-refractivity contribution in [3.8, 4) is 5.75 Å². The van der Waals surface area contributed by atoms with Gasteiger partial charge in [0.25, 0.3) is 0 Å². The average molecular weight is 402 g/mol. The summed E-state index contributed by atoms with van der Waals surface area (Å²) in [6.45, 7) is 14.5. The molecule has 3 nitrogen and oxygen atoms in total. The summed E-state index contributed by atoms with van der Waals surface area (Å²) in [5.74, 6) is 0.964. The van der Waals surface area contributed by atoms with E-state index < -0.39 is 0 Å². The van der Waals surface area contributed by atoms with Crippen molar-refractivity contribution in [2.24, 2.45) is 0 Å². The van der Waals surface area contributed by atoms with Crippen LogP contribution in [0.25, 0.3) is 0 Å². The number of rotatable bonds is 9. The highest BCUT2D eigenvalue weighted by atomic mass is 31.1. The van der Waals surface area contributed by atoms with Gasteiger partial charge in [0, 0.05) is 29.9 Å². The molecule has 0 spiro atoms. The number of benzene rings is 2. The van der Waals surface area contributed by atoms with Crippen molar-refractivity contribution >= 4 is 13.9 Å². The maximum Gasteiger partial charge on any atom is 0.188 e. The molecule has 1 N–H and O–H groups in total. The van der Waals surface area contributed by atoms with E-state index >= 15 is 0 Å². The molecule has 0 aromatic heterocycles. The molecular formula is C24H36NO2P. The van der Waals surface area contributed by atoms with Gasteiger partial charge in [-0.1, -0.05) is 64.9 Å². The zero-order chi connectivity index (χ0) is 20.8. The highest BCUT2D eigenvalue weighted by molar-refractivity contribution is 7.48. The summed E-state index contributed by atoms with van der Waals surface area (Å²) in [5, 5.41) is 5.06. The first-order valence-corrected chi connectivity index (χ1v) is 11.0. The van der Waals surface area contributed by atoms with E-state index in [1.165, 1.54) is 16.4 Å². The van der Waals surface area contributed by atoms with E-state index in [1.54, 1.807) is 7.11 Å². The first-order valence-electron chi connectivity index (χ1n) is 10.0. The SMILES string of the molecule is CCC(C)(Pc1ccccc1CNC(C)(C)C)c1cccc(C)c1OCOC. The number of methoxy groups -OCH3 is 1. The zero-order valence-corrected chi connectivity index (χ0v) is 19.5. The summed E-state index contributed by atoms with van der Waals surface area (Å²) >= 11 is 0. The molecule has 0 heterocycles. The van der Waals surface area contributed by atoms with Crippen molar-refractivity contribution in [3.63, 3.8) is 0 Å². The second kappa shape index (κ2) is 9.87. The molecule has 2 aromatic carbocycles. The fraction of sp³-hybridized carbons (Fsp3) is 0.500. The monoisotopic (exact) mass is 401 g/mol. The molecule has 2 atom stereocenters. The molecule has 0 bridgehead atoms. The Labute approximate surface area is 173 Å². The summed E-state index contributed by atoms with van der Waals surface area (Å²) in [6, 6.07) is 15.3. The molecule has 2 rings (SSSR count). The van der Waals surface area contributed by atoms with Gasteiger partial charge in [0.2, 0.25) is 0 Å². The lowest BCUT2D eigenvalue weighted by atomic mass is 9.94. The summed E-state index contributed by atoms with van der Waals surface area (Å²) in [5.41, 5.74) is 3.90. The van der Waals surface area contributed by atoms with Gasteiger partial charge in [-0.3, -0.25) is 0 Å². The van der Waals surface area contributed by atoms with Crippen LogP contribution >= 0.6 is 8.58 Å². The Hall–Kier alpha value is -1.41. The minimum Gasteiger partial charge on any atom is -0.467 e. The molecular weight excluding hydrogens is 365 g/mol. The summed E-state index contributed by atoms with van der Waals surface area (Å²) in [7, 11) is 2.32. The topological polar surface area (TPSA) is 30.5 Å². The van der Waals surface area contributed by atoms with Crippen molar-refractivity contribution in [2.45, 2.75) is 65.2 Å². The number of aryl methyl sites for hydroxylation is 1. The standard InChI is InChI=1S/C24H36NO2P/c1-8-24(6,20-14-11-12-18(2)22(20)27-17-26-7)28-21-15-10-9-13-19(21)16-25-23(3,4)5/h9-15,25,28H,8,16-17H2,1-7H3. The number of nitrogens with one attached hydrogen (secondary N) is 1. The molecule has 0 aliphatic heterocycles. The normalized spacial score (nSPS) is 14.4. The Balaban J connectivity index is 2.38. The van der Waals surface area contributed by atoms with Gasteiger partial charge < -0.3 is 14.8 Å². The van der Waals surface area contributed by atoms with Gasteiger partial charge in [0.05, 0.1) is 0 Å². The first-order chi connectivity index (χ1) is 13.2. The zero-order valence-electron chi connectivity index (χ0n) is 18.5. The molecule has 0 amide bonds. The minimum absolute atomic E-state index is 0.00688. The third-order valence-electron chi connectivity index (χ3n) is 5.07. The Morgan fingerprint density at radius 1 is 1.00 bits per heavy atom. The summed E-state index contributed by atoms with van der Waals surface area (Å²) in [4.78, 5) is 0. The predicted molar refractivity (Wildman–Crippen MR) is 122 cm³/mol. The van der Waals surface area contributed by atoms with E-state index in [9.17, 15) is 0 Å². The van der Waals surface area contributed by atoms with Crippen LogP contribution in [-0.2, 0) is 16.4 Å². The smallest absolute Gasteiger partial charge is 0.188 e. The highest BCUT2D eigenvalue weighted by Crippen LogP contribution is 2.48. The molecule has 28 heavy (non-hydrogen) atoms. The molecule has 0 radical (unpaired) electrons. The molecule has 154 valence electrons. The van der Waals surface area contributed by atoms with Gasteiger partial charge in [-0.05, 0) is 50.5 Å². The molecule has 2 unspecified atom stereocenters. The van der Waals surface area contributed by atoms with E-state index in [0.29, 0.717) is 8.58 Å². The van der Waals surface area contributed by atoms with Crippen LogP contribution in [0.2, 0.25) is 0 Å². The molecule has 0 saturated carbocycles. The van der Waals surface area contributed by atoms with Crippen LogP contribution in [-0.4, -0.2) is 19.4 Å². The second-order valence-corrected chi connectivity index (χ2v) is 10.5. The average Bonchev–Trinajstić information content (AvgIpc) is 2.65. The summed E-state index contributed by atoms with van der Waals surface area (Å²) < 4.78 is 11.2. The van der Waals surface area contributed by atoms with Crippen LogP contribution in [0.3, 0.4) is 0 Å². The molecule has 0 fully saturated rings. The van der Waals surface area contributed by atoms with Crippen LogP contribution in [0, 0.1) is 6.92 Å². The first kappa shape index (κ1) is 22.9. The Bertz CT molecular complexity index is 769. The van der Waals surface area contributed by atoms with Gasteiger partial charge in [0.1, 0.15) is 5.75 Å². The van der Waals surface area contributed by atoms with Crippen LogP contribution in [0.4, 0.5) is 0 Å². The fourth-order valence-corrected chi connectivity index (χ4v) is 4.81. The van der Waals surface area contributed by atoms with Gasteiger partial charge in [-0.25, -0.2) is 0 Å². The fourth-order valence-electron chi connectivity index (χ4n) is 3.20. The third kappa shape index (κ3) is 6.04. The molecule has 0 saturated heterocycles. The van der Waals surface area contributed by atoms with Gasteiger partial charge in [0.15, 0.2) is 6.79 Å². The lowest BCUT2D eigenvalue weighted by Crippen LogP contribution is -2.36. The maximum atomic E-state index is 6.00. The maximum absolute atomic E-state index is 6.00. The van der Waals surface area contributed by atoms with Crippen LogP contribution in [0.5, 0.6) is 5.75 Å². The molecule has 4 heteroatoms. The number of hydrogen-bond donors (Lipinski definition) is 1. The van der Waals surface area contributed by atoms with Crippen molar-refractivity contribution < 1.29 is 9.47 Å². The van der Waals surface area contributed by atoms with Crippen LogP contribution < -0.4 is 15.4 Å². The predicted octanol–water partition coefficient (Wildman–Crippen LogP) is 5.50. The van der Waals surface area contributed by atoms with Crippen molar-refractivity contribution in [1.82, 2.24) is 5.32 Å². The third-order valence-corrected chi connectivity index (χ3v) is 7.00. The van der Waals surface area contributed by atoms with E-state index in [0.717, 1.165) is 24.3 Å². The van der Waals surface area contributed by atoms with Gasteiger partial charge in [-0.2, -0.15) is 0 Å². The largest absolute Gasteiger partial charge is 0.467 e.